The molecule has 0 radical (unpaired) electrons. The van der Waals surface area contributed by atoms with Crippen LogP contribution in [0.4, 0.5) is 0 Å². The molecule has 0 aromatic heterocycles. The maximum Gasteiger partial charge on any atom is 0.295 e. The molecule has 2 aliphatic rings. The van der Waals surface area contributed by atoms with E-state index in [-0.39, 0.29) is 24.5 Å². The molecule has 1 N–H and O–H groups in total. The molecule has 174 valence electrons. The number of likely N-dealkylation sites (tertiary alicyclic amines) is 1. The van der Waals surface area contributed by atoms with Crippen LogP contribution in [-0.2, 0) is 20.7 Å². The molecular formula is C25H27NO7. The summed E-state index contributed by atoms with van der Waals surface area (Å²) in [6.45, 7) is 3.34. The fourth-order valence-electron chi connectivity index (χ4n) is 4.27. The second-order valence-corrected chi connectivity index (χ2v) is 7.75. The van der Waals surface area contributed by atoms with Gasteiger partial charge in [-0.2, -0.15) is 0 Å². The number of ether oxygens (including phenoxy) is 4. The highest BCUT2D eigenvalue weighted by atomic mass is 16.5. The normalized spacial score (nSPS) is 18.9. The van der Waals surface area contributed by atoms with Crippen molar-refractivity contribution in [3.8, 4) is 17.2 Å². The number of benzene rings is 2. The van der Waals surface area contributed by atoms with Crippen molar-refractivity contribution in [3.05, 3.63) is 58.7 Å². The molecule has 0 spiro atoms. The Morgan fingerprint density at radius 3 is 2.70 bits per heavy atom. The topological polar surface area (TPSA) is 94.5 Å². The smallest absolute Gasteiger partial charge is 0.295 e. The number of hydrogen-bond acceptors (Lipinski definition) is 7. The molecule has 2 aromatic carbocycles. The third-order valence-corrected chi connectivity index (χ3v) is 5.84. The van der Waals surface area contributed by atoms with Crippen molar-refractivity contribution in [2.45, 2.75) is 19.4 Å². The quantitative estimate of drug-likeness (QED) is 0.373. The van der Waals surface area contributed by atoms with E-state index in [4.69, 9.17) is 18.9 Å². The standard InChI is InChI=1S/C25H27NO7/c1-4-32-19-8-5-16(14-20(19)31-3)22-21(24(28)25(29)26(22)10-12-30-2)23(27)17-6-7-18-15(13-17)9-11-33-18/h5-8,13-14,22,27H,4,9-12H2,1-3H3/b23-21+. The van der Waals surface area contributed by atoms with Crippen LogP contribution >= 0.6 is 0 Å². The fraction of sp³-hybridized carbons (Fsp3) is 0.360. The minimum absolute atomic E-state index is 0.0289. The Morgan fingerprint density at radius 1 is 1.15 bits per heavy atom. The maximum absolute atomic E-state index is 13.1. The summed E-state index contributed by atoms with van der Waals surface area (Å²) >= 11 is 0. The molecule has 4 rings (SSSR count). The summed E-state index contributed by atoms with van der Waals surface area (Å²) in [7, 11) is 3.05. The SMILES string of the molecule is CCOc1ccc(C2/C(=C(\O)c3ccc4c(c3)CCO4)C(=O)C(=O)N2CCOC)cc1OC. The van der Waals surface area contributed by atoms with Gasteiger partial charge in [-0.05, 0) is 48.4 Å². The summed E-state index contributed by atoms with van der Waals surface area (Å²) in [6.07, 6.45) is 0.720. The molecule has 0 aliphatic carbocycles. The lowest BCUT2D eigenvalue weighted by molar-refractivity contribution is -0.140. The number of carbonyl (C=O) groups excluding carboxylic acids is 2. The fourth-order valence-corrected chi connectivity index (χ4v) is 4.27. The first-order chi connectivity index (χ1) is 16.0. The van der Waals surface area contributed by atoms with E-state index >= 15 is 0 Å². The van der Waals surface area contributed by atoms with Gasteiger partial charge in [-0.15, -0.1) is 0 Å². The molecule has 2 aromatic rings. The van der Waals surface area contributed by atoms with Crippen molar-refractivity contribution in [2.75, 3.05) is 40.6 Å². The number of fused-ring (bicyclic) bond motifs is 1. The Balaban J connectivity index is 1.84. The minimum Gasteiger partial charge on any atom is -0.507 e. The highest BCUT2D eigenvalue weighted by Gasteiger charge is 2.46. The van der Waals surface area contributed by atoms with E-state index in [1.807, 2.05) is 6.92 Å². The summed E-state index contributed by atoms with van der Waals surface area (Å²) in [6, 6.07) is 9.70. The predicted molar refractivity (Wildman–Crippen MR) is 121 cm³/mol. The zero-order valence-corrected chi connectivity index (χ0v) is 18.9. The van der Waals surface area contributed by atoms with Crippen molar-refractivity contribution in [1.82, 2.24) is 4.90 Å². The Hall–Kier alpha value is -3.52. The van der Waals surface area contributed by atoms with Gasteiger partial charge in [-0.25, -0.2) is 0 Å². The van der Waals surface area contributed by atoms with Gasteiger partial charge >= 0.3 is 0 Å². The molecule has 1 fully saturated rings. The third-order valence-electron chi connectivity index (χ3n) is 5.84. The molecule has 8 heteroatoms. The molecule has 1 amide bonds. The van der Waals surface area contributed by atoms with Crippen LogP contribution in [0.2, 0.25) is 0 Å². The third kappa shape index (κ3) is 4.14. The van der Waals surface area contributed by atoms with Gasteiger partial charge < -0.3 is 29.0 Å². The predicted octanol–water partition coefficient (Wildman–Crippen LogP) is 3.10. The van der Waals surface area contributed by atoms with Crippen LogP contribution in [0, 0.1) is 0 Å². The van der Waals surface area contributed by atoms with E-state index in [2.05, 4.69) is 0 Å². The molecule has 33 heavy (non-hydrogen) atoms. The number of aliphatic hydroxyl groups is 1. The first-order valence-corrected chi connectivity index (χ1v) is 10.8. The molecule has 1 saturated heterocycles. The average Bonchev–Trinajstić information content (AvgIpc) is 3.40. The van der Waals surface area contributed by atoms with Gasteiger partial charge in [0.25, 0.3) is 11.7 Å². The number of aliphatic hydroxyl groups excluding tert-OH is 1. The second-order valence-electron chi connectivity index (χ2n) is 7.75. The zero-order chi connectivity index (χ0) is 23.5. The highest BCUT2D eigenvalue weighted by Crippen LogP contribution is 2.42. The Bertz CT molecular complexity index is 1110. The van der Waals surface area contributed by atoms with Gasteiger partial charge in [0, 0.05) is 25.6 Å². The number of nitrogens with zero attached hydrogens (tertiary/aromatic N) is 1. The van der Waals surface area contributed by atoms with Gasteiger partial charge in [-0.1, -0.05) is 6.07 Å². The summed E-state index contributed by atoms with van der Waals surface area (Å²) in [5.74, 6) is 0.146. The molecule has 1 unspecified atom stereocenters. The Labute approximate surface area is 192 Å². The number of amides is 1. The summed E-state index contributed by atoms with van der Waals surface area (Å²) < 4.78 is 21.8. The van der Waals surface area contributed by atoms with E-state index in [1.165, 1.54) is 19.1 Å². The van der Waals surface area contributed by atoms with Crippen molar-refractivity contribution in [3.63, 3.8) is 0 Å². The average molecular weight is 453 g/mol. The van der Waals surface area contributed by atoms with Crippen molar-refractivity contribution in [1.29, 1.82) is 0 Å². The van der Waals surface area contributed by atoms with Crippen LogP contribution in [0.5, 0.6) is 17.2 Å². The monoisotopic (exact) mass is 453 g/mol. The van der Waals surface area contributed by atoms with Gasteiger partial charge in [0.1, 0.15) is 11.5 Å². The summed E-state index contributed by atoms with van der Waals surface area (Å²) in [4.78, 5) is 27.5. The Kier molecular flexibility index (Phi) is 6.55. The van der Waals surface area contributed by atoms with E-state index < -0.39 is 17.7 Å². The van der Waals surface area contributed by atoms with Crippen LogP contribution in [0.1, 0.15) is 29.7 Å². The van der Waals surface area contributed by atoms with Crippen molar-refractivity contribution in [2.24, 2.45) is 0 Å². The Morgan fingerprint density at radius 2 is 1.97 bits per heavy atom. The van der Waals surface area contributed by atoms with Crippen LogP contribution in [0.25, 0.3) is 5.76 Å². The molecule has 2 heterocycles. The molecule has 0 saturated carbocycles. The van der Waals surface area contributed by atoms with Gasteiger partial charge in [0.05, 0.1) is 38.5 Å². The minimum atomic E-state index is -0.797. The lowest BCUT2D eigenvalue weighted by Crippen LogP contribution is -2.32. The van der Waals surface area contributed by atoms with E-state index in [9.17, 15) is 14.7 Å². The van der Waals surface area contributed by atoms with Crippen LogP contribution in [0.3, 0.4) is 0 Å². The molecule has 0 bridgehead atoms. The lowest BCUT2D eigenvalue weighted by atomic mass is 9.94. The van der Waals surface area contributed by atoms with Crippen LogP contribution in [0.15, 0.2) is 42.0 Å². The molecule has 1 atom stereocenters. The van der Waals surface area contributed by atoms with Gasteiger partial charge in [0.15, 0.2) is 11.5 Å². The first kappa shape index (κ1) is 22.7. The maximum atomic E-state index is 13.1. The highest BCUT2D eigenvalue weighted by molar-refractivity contribution is 6.46. The van der Waals surface area contributed by atoms with Gasteiger partial charge in [-0.3, -0.25) is 9.59 Å². The first-order valence-electron chi connectivity index (χ1n) is 10.8. The molecule has 8 nitrogen and oxygen atoms in total. The number of hydrogen-bond donors (Lipinski definition) is 1. The van der Waals surface area contributed by atoms with E-state index in [0.717, 1.165) is 17.7 Å². The number of Topliss-reactive ketones (excluding diaryl/α,β-unsaturated/α-hetero) is 1. The van der Waals surface area contributed by atoms with E-state index in [0.29, 0.717) is 35.8 Å². The van der Waals surface area contributed by atoms with Crippen LogP contribution in [-0.4, -0.2) is 62.3 Å². The zero-order valence-electron chi connectivity index (χ0n) is 18.9. The van der Waals surface area contributed by atoms with Crippen LogP contribution < -0.4 is 14.2 Å². The number of rotatable bonds is 8. The lowest BCUT2D eigenvalue weighted by Gasteiger charge is -2.25. The largest absolute Gasteiger partial charge is 0.507 e. The molecular weight excluding hydrogens is 426 g/mol. The van der Waals surface area contributed by atoms with Gasteiger partial charge in [0.2, 0.25) is 0 Å². The molecule has 2 aliphatic heterocycles. The summed E-state index contributed by atoms with van der Waals surface area (Å²) in [5.41, 5.74) is 2.07. The van der Waals surface area contributed by atoms with E-state index in [1.54, 1.807) is 36.4 Å². The summed E-state index contributed by atoms with van der Waals surface area (Å²) in [5, 5.41) is 11.2. The van der Waals surface area contributed by atoms with Crippen molar-refractivity contribution < 1.29 is 33.6 Å². The second kappa shape index (κ2) is 9.54. The number of ketones is 1. The van der Waals surface area contributed by atoms with Crippen molar-refractivity contribution >= 4 is 17.4 Å². The number of methoxy groups -OCH3 is 2. The number of carbonyl (C=O) groups is 2.